The van der Waals surface area contributed by atoms with Gasteiger partial charge in [0.15, 0.2) is 12.6 Å². The second kappa shape index (κ2) is 11.5. The molecule has 2 rings (SSSR count). The zero-order chi connectivity index (χ0) is 21.9. The van der Waals surface area contributed by atoms with Crippen molar-refractivity contribution in [1.82, 2.24) is 15.5 Å². The van der Waals surface area contributed by atoms with Gasteiger partial charge in [-0.25, -0.2) is 4.99 Å². The summed E-state index contributed by atoms with van der Waals surface area (Å²) < 4.78 is 5.33. The predicted octanol–water partition coefficient (Wildman–Crippen LogP) is 1.51. The van der Waals surface area contributed by atoms with E-state index in [0.29, 0.717) is 30.4 Å². The molecular weight excluding hydrogens is 382 g/mol. The Morgan fingerprint density at radius 2 is 1.80 bits per heavy atom. The maximum Gasteiger partial charge on any atom is 0.255 e. The van der Waals surface area contributed by atoms with E-state index in [9.17, 15) is 9.59 Å². The average Bonchev–Trinajstić information content (AvgIpc) is 2.74. The summed E-state index contributed by atoms with van der Waals surface area (Å²) in [5.41, 5.74) is 7.75. The van der Waals surface area contributed by atoms with Crippen LogP contribution in [-0.2, 0) is 17.9 Å². The van der Waals surface area contributed by atoms with Crippen molar-refractivity contribution in [2.45, 2.75) is 20.0 Å². The fraction of sp³-hybridized carbons (Fsp3) is 0.318. The molecule has 160 valence electrons. The molecule has 0 unspecified atom stereocenters. The van der Waals surface area contributed by atoms with Gasteiger partial charge in [-0.15, -0.1) is 0 Å². The number of nitrogens with two attached hydrogens (primary N) is 1. The van der Waals surface area contributed by atoms with E-state index in [-0.39, 0.29) is 12.5 Å². The molecule has 8 nitrogen and oxygen atoms in total. The van der Waals surface area contributed by atoms with Gasteiger partial charge in [0.25, 0.3) is 11.8 Å². The quantitative estimate of drug-likeness (QED) is 0.428. The molecule has 0 aromatic heterocycles. The molecule has 4 N–H and O–H groups in total. The van der Waals surface area contributed by atoms with Crippen LogP contribution in [0.4, 0.5) is 0 Å². The number of aliphatic imine (C=N–C) groups is 1. The molecule has 0 saturated heterocycles. The smallest absolute Gasteiger partial charge is 0.255 e. The standard InChI is InChI=1S/C22H29N5O3/c1-4-24-22(25-13-16-8-10-18(11-9-16)21(29)27(2)3)26-14-17-6-5-7-19(12-17)30-15-20(23)28/h5-12H,4,13-15H2,1-3H3,(H2,23,28)(H2,24,25,26). The normalized spacial score (nSPS) is 11.0. The second-order valence-electron chi connectivity index (χ2n) is 6.85. The predicted molar refractivity (Wildman–Crippen MR) is 117 cm³/mol. The van der Waals surface area contributed by atoms with Crippen molar-refractivity contribution < 1.29 is 14.3 Å². The van der Waals surface area contributed by atoms with Crippen LogP contribution in [0, 0.1) is 0 Å². The SMILES string of the molecule is CCNC(=NCc1cccc(OCC(N)=O)c1)NCc1ccc(C(=O)N(C)C)cc1. The summed E-state index contributed by atoms with van der Waals surface area (Å²) in [4.78, 5) is 29.0. The zero-order valence-corrected chi connectivity index (χ0v) is 17.6. The maximum absolute atomic E-state index is 12.0. The number of nitrogens with one attached hydrogen (secondary N) is 2. The number of nitrogens with zero attached hydrogens (tertiary/aromatic N) is 2. The molecule has 2 aromatic carbocycles. The van der Waals surface area contributed by atoms with Crippen molar-refractivity contribution in [2.24, 2.45) is 10.7 Å². The number of hydrogen-bond donors (Lipinski definition) is 3. The van der Waals surface area contributed by atoms with Gasteiger partial charge >= 0.3 is 0 Å². The first-order chi connectivity index (χ1) is 14.4. The van der Waals surface area contributed by atoms with Crippen LogP contribution in [0.15, 0.2) is 53.5 Å². The van der Waals surface area contributed by atoms with Crippen LogP contribution in [0.1, 0.15) is 28.4 Å². The monoisotopic (exact) mass is 411 g/mol. The van der Waals surface area contributed by atoms with Gasteiger partial charge in [-0.3, -0.25) is 9.59 Å². The molecule has 2 amide bonds. The second-order valence-corrected chi connectivity index (χ2v) is 6.85. The molecule has 0 aliphatic carbocycles. The maximum atomic E-state index is 12.0. The van der Waals surface area contributed by atoms with E-state index >= 15 is 0 Å². The van der Waals surface area contributed by atoms with Gasteiger partial charge < -0.3 is 26.0 Å². The first kappa shape index (κ1) is 22.7. The van der Waals surface area contributed by atoms with Crippen LogP contribution >= 0.6 is 0 Å². The van der Waals surface area contributed by atoms with E-state index in [2.05, 4.69) is 15.6 Å². The van der Waals surface area contributed by atoms with E-state index in [4.69, 9.17) is 10.5 Å². The number of primary amides is 1. The van der Waals surface area contributed by atoms with Crippen molar-refractivity contribution in [3.05, 3.63) is 65.2 Å². The molecule has 0 radical (unpaired) electrons. The summed E-state index contributed by atoms with van der Waals surface area (Å²) in [5, 5.41) is 6.49. The highest BCUT2D eigenvalue weighted by Gasteiger charge is 2.07. The Morgan fingerprint density at radius 1 is 1.07 bits per heavy atom. The molecule has 30 heavy (non-hydrogen) atoms. The van der Waals surface area contributed by atoms with E-state index in [1.54, 1.807) is 25.1 Å². The lowest BCUT2D eigenvalue weighted by atomic mass is 10.1. The van der Waals surface area contributed by atoms with Gasteiger partial charge in [-0.05, 0) is 42.3 Å². The third-order valence-corrected chi connectivity index (χ3v) is 4.11. The number of rotatable bonds is 9. The molecule has 2 aromatic rings. The summed E-state index contributed by atoms with van der Waals surface area (Å²) in [6, 6.07) is 14.9. The van der Waals surface area contributed by atoms with Gasteiger partial charge in [-0.1, -0.05) is 24.3 Å². The van der Waals surface area contributed by atoms with Crippen molar-refractivity contribution in [1.29, 1.82) is 0 Å². The van der Waals surface area contributed by atoms with Crippen molar-refractivity contribution in [3.63, 3.8) is 0 Å². The molecule has 8 heteroatoms. The highest BCUT2D eigenvalue weighted by molar-refractivity contribution is 5.93. The molecule has 0 aliphatic rings. The fourth-order valence-electron chi connectivity index (χ4n) is 2.61. The minimum Gasteiger partial charge on any atom is -0.484 e. The number of ether oxygens (including phenoxy) is 1. The van der Waals surface area contributed by atoms with E-state index in [0.717, 1.165) is 17.7 Å². The lowest BCUT2D eigenvalue weighted by Crippen LogP contribution is -2.36. The number of hydrogen-bond acceptors (Lipinski definition) is 4. The molecule has 0 spiro atoms. The van der Waals surface area contributed by atoms with Gasteiger partial charge in [0, 0.05) is 32.7 Å². The molecule has 0 aliphatic heterocycles. The topological polar surface area (TPSA) is 109 Å². The third-order valence-electron chi connectivity index (χ3n) is 4.11. The molecule has 0 saturated carbocycles. The third kappa shape index (κ3) is 7.46. The zero-order valence-electron chi connectivity index (χ0n) is 17.6. The number of carbonyl (C=O) groups is 2. The molecule has 0 heterocycles. The van der Waals surface area contributed by atoms with Crippen LogP contribution in [0.2, 0.25) is 0 Å². The Balaban J connectivity index is 1.97. The summed E-state index contributed by atoms with van der Waals surface area (Å²) >= 11 is 0. The Bertz CT molecular complexity index is 879. The van der Waals surface area contributed by atoms with Crippen LogP contribution in [0.5, 0.6) is 5.75 Å². The average molecular weight is 412 g/mol. The van der Waals surface area contributed by atoms with Crippen LogP contribution in [-0.4, -0.2) is 49.9 Å². The highest BCUT2D eigenvalue weighted by atomic mass is 16.5. The van der Waals surface area contributed by atoms with E-state index < -0.39 is 5.91 Å². The highest BCUT2D eigenvalue weighted by Crippen LogP contribution is 2.14. The Kier molecular flexibility index (Phi) is 8.68. The molecule has 0 atom stereocenters. The van der Waals surface area contributed by atoms with Gasteiger partial charge in [0.05, 0.1) is 6.54 Å². The number of benzene rings is 2. The minimum atomic E-state index is -0.517. The van der Waals surface area contributed by atoms with Gasteiger partial charge in [0.2, 0.25) is 0 Å². The van der Waals surface area contributed by atoms with E-state index in [1.807, 2.05) is 49.4 Å². The lowest BCUT2D eigenvalue weighted by Gasteiger charge is -2.13. The van der Waals surface area contributed by atoms with Gasteiger partial charge in [0.1, 0.15) is 5.75 Å². The van der Waals surface area contributed by atoms with Gasteiger partial charge in [-0.2, -0.15) is 0 Å². The van der Waals surface area contributed by atoms with Crippen LogP contribution in [0.3, 0.4) is 0 Å². The van der Waals surface area contributed by atoms with Crippen molar-refractivity contribution >= 4 is 17.8 Å². The number of amides is 2. The Labute approximate surface area is 177 Å². The first-order valence-electron chi connectivity index (χ1n) is 9.72. The van der Waals surface area contributed by atoms with E-state index in [1.165, 1.54) is 0 Å². The minimum absolute atomic E-state index is 0.0218. The Hall–Kier alpha value is -3.55. The van der Waals surface area contributed by atoms with Crippen LogP contribution < -0.4 is 21.1 Å². The van der Waals surface area contributed by atoms with Crippen LogP contribution in [0.25, 0.3) is 0 Å². The lowest BCUT2D eigenvalue weighted by molar-refractivity contribution is -0.119. The molecule has 0 bridgehead atoms. The Morgan fingerprint density at radius 3 is 2.43 bits per heavy atom. The number of carbonyl (C=O) groups excluding carboxylic acids is 2. The van der Waals surface area contributed by atoms with Crippen molar-refractivity contribution in [3.8, 4) is 5.75 Å². The molecule has 0 fully saturated rings. The number of guanidine groups is 1. The summed E-state index contributed by atoms with van der Waals surface area (Å²) in [7, 11) is 3.47. The summed E-state index contributed by atoms with van der Waals surface area (Å²) in [5.74, 6) is 0.712. The van der Waals surface area contributed by atoms with Crippen molar-refractivity contribution in [2.75, 3.05) is 27.2 Å². The summed E-state index contributed by atoms with van der Waals surface area (Å²) in [6.07, 6.45) is 0. The largest absolute Gasteiger partial charge is 0.484 e. The molecular formula is C22H29N5O3. The fourth-order valence-corrected chi connectivity index (χ4v) is 2.61. The summed E-state index contributed by atoms with van der Waals surface area (Å²) in [6.45, 7) is 3.58. The first-order valence-corrected chi connectivity index (χ1v) is 9.72.